The lowest BCUT2D eigenvalue weighted by Crippen LogP contribution is -2.29. The minimum absolute atomic E-state index is 0.246. The van der Waals surface area contributed by atoms with Gasteiger partial charge in [-0.1, -0.05) is 35.9 Å². The number of hydrogen-bond donors (Lipinski definition) is 1. The largest absolute Gasteiger partial charge is 0.503 e. The number of methoxy groups -OCH3 is 1. The molecule has 1 N–H and O–H groups in total. The van der Waals surface area contributed by atoms with E-state index in [1.807, 2.05) is 48.5 Å². The molecule has 1 aromatic heterocycles. The average Bonchev–Trinajstić information content (AvgIpc) is 3.00. The molecule has 0 aliphatic carbocycles. The first-order valence-electron chi connectivity index (χ1n) is 9.11. The van der Waals surface area contributed by atoms with E-state index in [4.69, 9.17) is 16.3 Å². The zero-order valence-corrected chi connectivity index (χ0v) is 16.5. The van der Waals surface area contributed by atoms with Gasteiger partial charge in [-0.2, -0.15) is 0 Å². The molecule has 4 rings (SSSR count). The maximum Gasteiger partial charge on any atom is 0.290 e. The summed E-state index contributed by atoms with van der Waals surface area (Å²) in [6.45, 7) is 0.346. The Labute approximate surface area is 173 Å². The molecule has 0 unspecified atom stereocenters. The molecule has 1 aliphatic heterocycles. The normalized spacial score (nSPS) is 16.4. The summed E-state index contributed by atoms with van der Waals surface area (Å²) < 4.78 is 5.23. The van der Waals surface area contributed by atoms with Crippen LogP contribution in [0, 0.1) is 0 Å². The Bertz CT molecular complexity index is 1050. The number of amides is 1. The molecule has 2 heterocycles. The summed E-state index contributed by atoms with van der Waals surface area (Å²) in [5.74, 6) is 0.0478. The van der Waals surface area contributed by atoms with E-state index in [-0.39, 0.29) is 5.76 Å². The van der Waals surface area contributed by atoms with Crippen molar-refractivity contribution in [2.24, 2.45) is 0 Å². The number of benzene rings is 2. The Hall–Kier alpha value is -3.31. The Morgan fingerprint density at radius 1 is 1.03 bits per heavy atom. The topological polar surface area (TPSA) is 62.7 Å². The number of hydrogen-bond acceptors (Lipinski definition) is 4. The average molecular weight is 407 g/mol. The van der Waals surface area contributed by atoms with Crippen LogP contribution in [-0.2, 0) is 11.3 Å². The number of ether oxygens (including phenoxy) is 1. The van der Waals surface area contributed by atoms with Gasteiger partial charge in [0.25, 0.3) is 5.91 Å². The first-order valence-corrected chi connectivity index (χ1v) is 9.49. The highest BCUT2D eigenvalue weighted by molar-refractivity contribution is 6.30. The lowest BCUT2D eigenvalue weighted by Gasteiger charge is -2.27. The number of pyridine rings is 1. The van der Waals surface area contributed by atoms with Crippen molar-refractivity contribution in [2.45, 2.75) is 12.6 Å². The predicted octanol–water partition coefficient (Wildman–Crippen LogP) is 4.80. The van der Waals surface area contributed by atoms with Crippen LogP contribution < -0.4 is 4.74 Å². The van der Waals surface area contributed by atoms with Gasteiger partial charge in [0.1, 0.15) is 5.75 Å². The van der Waals surface area contributed by atoms with Crippen LogP contribution in [-0.4, -0.2) is 28.0 Å². The Morgan fingerprint density at radius 2 is 1.69 bits per heavy atom. The van der Waals surface area contributed by atoms with Crippen LogP contribution in [0.25, 0.3) is 5.57 Å². The minimum Gasteiger partial charge on any atom is -0.503 e. The highest BCUT2D eigenvalue weighted by atomic mass is 35.5. The molecule has 1 atom stereocenters. The van der Waals surface area contributed by atoms with Crippen molar-refractivity contribution in [2.75, 3.05) is 7.11 Å². The highest BCUT2D eigenvalue weighted by Gasteiger charge is 2.40. The van der Waals surface area contributed by atoms with Gasteiger partial charge in [-0.25, -0.2) is 0 Å². The van der Waals surface area contributed by atoms with E-state index < -0.39 is 11.9 Å². The smallest absolute Gasteiger partial charge is 0.290 e. The molecule has 0 spiro atoms. The van der Waals surface area contributed by atoms with E-state index >= 15 is 0 Å². The molecule has 2 aromatic carbocycles. The van der Waals surface area contributed by atoms with Gasteiger partial charge in [0.15, 0.2) is 5.76 Å². The SMILES string of the molecule is COc1ccc(C2=C(O)C(=O)N(Cc3ccncc3)[C@@H]2c2ccc(Cl)cc2)cc1. The molecule has 0 saturated carbocycles. The lowest BCUT2D eigenvalue weighted by atomic mass is 9.93. The van der Waals surface area contributed by atoms with E-state index in [0.717, 1.165) is 16.7 Å². The molecule has 29 heavy (non-hydrogen) atoms. The third-order valence-corrected chi connectivity index (χ3v) is 5.24. The highest BCUT2D eigenvalue weighted by Crippen LogP contribution is 2.44. The molecule has 3 aromatic rings. The van der Waals surface area contributed by atoms with E-state index in [1.165, 1.54) is 0 Å². The van der Waals surface area contributed by atoms with Crippen LogP contribution in [0.15, 0.2) is 78.8 Å². The van der Waals surface area contributed by atoms with Crippen LogP contribution in [0.4, 0.5) is 0 Å². The molecule has 0 radical (unpaired) electrons. The van der Waals surface area contributed by atoms with E-state index in [9.17, 15) is 9.90 Å². The predicted molar refractivity (Wildman–Crippen MR) is 112 cm³/mol. The van der Waals surface area contributed by atoms with Crippen molar-refractivity contribution < 1.29 is 14.6 Å². The summed E-state index contributed by atoms with van der Waals surface area (Å²) in [6.07, 6.45) is 3.37. The lowest BCUT2D eigenvalue weighted by molar-refractivity contribution is -0.130. The quantitative estimate of drug-likeness (QED) is 0.661. The summed E-state index contributed by atoms with van der Waals surface area (Å²) in [6, 6.07) is 17.9. The number of aliphatic hydroxyl groups excluding tert-OH is 1. The molecule has 0 fully saturated rings. The third kappa shape index (κ3) is 3.69. The van der Waals surface area contributed by atoms with Gasteiger partial charge in [-0.05, 0) is 53.1 Å². The van der Waals surface area contributed by atoms with Crippen molar-refractivity contribution in [3.63, 3.8) is 0 Å². The van der Waals surface area contributed by atoms with Gasteiger partial charge in [0, 0.05) is 29.5 Å². The second-order valence-corrected chi connectivity index (χ2v) is 7.17. The number of rotatable bonds is 5. The van der Waals surface area contributed by atoms with Gasteiger partial charge in [0.2, 0.25) is 0 Å². The number of aromatic nitrogens is 1. The summed E-state index contributed by atoms with van der Waals surface area (Å²) >= 11 is 6.07. The molecular formula is C23H19ClN2O3. The molecule has 0 bridgehead atoms. The van der Waals surface area contributed by atoms with E-state index in [1.54, 1.807) is 36.5 Å². The zero-order chi connectivity index (χ0) is 20.4. The van der Waals surface area contributed by atoms with Crippen molar-refractivity contribution in [3.8, 4) is 5.75 Å². The molecule has 6 heteroatoms. The molecule has 0 saturated heterocycles. The number of halogens is 1. The van der Waals surface area contributed by atoms with Crippen LogP contribution in [0.1, 0.15) is 22.7 Å². The van der Waals surface area contributed by atoms with Gasteiger partial charge >= 0.3 is 0 Å². The minimum atomic E-state index is -0.443. The maximum absolute atomic E-state index is 13.0. The monoisotopic (exact) mass is 406 g/mol. The van der Waals surface area contributed by atoms with Crippen molar-refractivity contribution >= 4 is 23.1 Å². The summed E-state index contributed by atoms with van der Waals surface area (Å²) in [4.78, 5) is 18.7. The first kappa shape index (κ1) is 19.0. The van der Waals surface area contributed by atoms with Crippen molar-refractivity contribution in [1.29, 1.82) is 0 Å². The second kappa shape index (κ2) is 7.97. The molecule has 1 aliphatic rings. The van der Waals surface area contributed by atoms with Crippen molar-refractivity contribution in [1.82, 2.24) is 9.88 Å². The zero-order valence-electron chi connectivity index (χ0n) is 15.7. The van der Waals surface area contributed by atoms with E-state index in [0.29, 0.717) is 22.9 Å². The Kier molecular flexibility index (Phi) is 5.23. The van der Waals surface area contributed by atoms with Crippen molar-refractivity contribution in [3.05, 3.63) is 101 Å². The first-order chi connectivity index (χ1) is 14.1. The van der Waals surface area contributed by atoms with Gasteiger partial charge in [-0.15, -0.1) is 0 Å². The number of carbonyl (C=O) groups excluding carboxylic acids is 1. The van der Waals surface area contributed by atoms with Gasteiger partial charge < -0.3 is 14.7 Å². The van der Waals surface area contributed by atoms with E-state index in [2.05, 4.69) is 4.98 Å². The fourth-order valence-electron chi connectivity index (χ4n) is 3.56. The van der Waals surface area contributed by atoms with Crippen LogP contribution in [0.2, 0.25) is 5.02 Å². The van der Waals surface area contributed by atoms with Crippen LogP contribution in [0.3, 0.4) is 0 Å². The number of carbonyl (C=O) groups is 1. The Balaban J connectivity index is 1.80. The van der Waals surface area contributed by atoms with Gasteiger partial charge in [0.05, 0.1) is 13.2 Å². The van der Waals surface area contributed by atoms with Crippen LogP contribution >= 0.6 is 11.6 Å². The molecule has 146 valence electrons. The Morgan fingerprint density at radius 3 is 2.31 bits per heavy atom. The number of aliphatic hydroxyl groups is 1. The summed E-state index contributed by atoms with van der Waals surface area (Å²) in [5.41, 5.74) is 3.12. The second-order valence-electron chi connectivity index (χ2n) is 6.73. The van der Waals surface area contributed by atoms with Gasteiger partial charge in [-0.3, -0.25) is 9.78 Å². The van der Waals surface area contributed by atoms with Crippen LogP contribution in [0.5, 0.6) is 5.75 Å². The third-order valence-electron chi connectivity index (χ3n) is 4.99. The number of nitrogens with zero attached hydrogens (tertiary/aromatic N) is 2. The maximum atomic E-state index is 13.0. The fraction of sp³-hybridized carbons (Fsp3) is 0.130. The standard InChI is InChI=1S/C23H19ClN2O3/c1-29-19-8-4-16(5-9-19)20-21(17-2-6-18(24)7-3-17)26(23(28)22(20)27)14-15-10-12-25-13-11-15/h2-13,21,27H,14H2,1H3/t21-/m1/s1. The summed E-state index contributed by atoms with van der Waals surface area (Å²) in [7, 11) is 1.60. The molecule has 1 amide bonds. The summed E-state index contributed by atoms with van der Waals surface area (Å²) in [5, 5.41) is 11.4. The molecular weight excluding hydrogens is 388 g/mol. The molecule has 5 nitrogen and oxygen atoms in total. The fourth-order valence-corrected chi connectivity index (χ4v) is 3.68.